The number of carbonyl (C=O) groups is 1. The average Bonchev–Trinajstić information content (AvgIpc) is 0.811. The van der Waals surface area contributed by atoms with Gasteiger partial charge in [-0.1, -0.05) is 0 Å². The summed E-state index contributed by atoms with van der Waals surface area (Å²) in [7, 11) is 0. The van der Waals surface area contributed by atoms with Crippen LogP contribution < -0.4 is 17.0 Å². The maximum absolute atomic E-state index is 8.67. The largest absolute Gasteiger partial charge is 0.530 e. The molecular formula is CH10N2O4. The Morgan fingerprint density at radius 1 is 1.43 bits per heavy atom. The zero-order valence-corrected chi connectivity index (χ0v) is 3.89. The Morgan fingerprint density at radius 2 is 1.43 bits per heavy atom. The number of rotatable bonds is 0. The Kier molecular flexibility index (Phi) is 96.7. The third-order valence-corrected chi connectivity index (χ3v) is 0. The molecule has 10 N–H and O–H groups in total. The van der Waals surface area contributed by atoms with Gasteiger partial charge in [0.2, 0.25) is 0 Å². The second-order valence-corrected chi connectivity index (χ2v) is 0.319. The first kappa shape index (κ1) is 35.3. The molecule has 7 heavy (non-hydrogen) atoms. The van der Waals surface area contributed by atoms with Gasteiger partial charge in [-0.25, -0.2) is 0 Å². The Labute approximate surface area is 40.1 Å². The van der Waals surface area contributed by atoms with Crippen LogP contribution >= 0.6 is 0 Å². The highest BCUT2D eigenvalue weighted by molar-refractivity contribution is 5.58. The Morgan fingerprint density at radius 3 is 1.43 bits per heavy atom. The highest BCUT2D eigenvalue weighted by Gasteiger charge is 1.44. The topological polar surface area (TPSA) is 166 Å². The van der Waals surface area contributed by atoms with Gasteiger partial charge in [-0.3, -0.25) is 0 Å². The number of hydrogen-bond acceptors (Lipinski definition) is 2. The van der Waals surface area contributed by atoms with Crippen LogP contribution in [0.4, 0.5) is 4.79 Å². The predicted molar refractivity (Wildman–Crippen MR) is 22.8 cm³/mol. The third-order valence-electron chi connectivity index (χ3n) is 0. The highest BCUT2D eigenvalue weighted by atomic mass is 16.4. The van der Waals surface area contributed by atoms with Crippen LogP contribution in [0.1, 0.15) is 0 Å². The van der Waals surface area contributed by atoms with Crippen molar-refractivity contribution in [3.05, 3.63) is 0 Å². The second kappa shape index (κ2) is 19.2. The van der Waals surface area contributed by atoms with Crippen molar-refractivity contribution < 1.29 is 20.9 Å². The van der Waals surface area contributed by atoms with E-state index in [-0.39, 0.29) is 17.1 Å². The summed E-state index contributed by atoms with van der Waals surface area (Å²) in [6, 6.07) is 0. The lowest BCUT2D eigenvalue weighted by molar-refractivity contribution is -0.245. The van der Waals surface area contributed by atoms with Gasteiger partial charge in [-0.15, -0.1) is 0 Å². The molecule has 0 aromatic rings. The quantitative estimate of drug-likeness (QED) is 0.343. The molecule has 1 amide bonds. The normalized spacial score (nSPS) is 3.43. The minimum absolute atomic E-state index is 0. The van der Waals surface area contributed by atoms with Crippen molar-refractivity contribution in [3.8, 4) is 0 Å². The molecule has 6 heteroatoms. The fourth-order valence-electron chi connectivity index (χ4n) is 0. The summed E-state index contributed by atoms with van der Waals surface area (Å²) in [6.45, 7) is 0. The van der Waals surface area contributed by atoms with Crippen molar-refractivity contribution in [2.75, 3.05) is 0 Å². The summed E-state index contributed by atoms with van der Waals surface area (Å²) in [5.74, 6) is 0. The fraction of sp³-hybridized carbons (Fsp3) is 0. The molecule has 0 atom stereocenters. The summed E-state index contributed by atoms with van der Waals surface area (Å²) in [5.41, 5.74) is 3.92. The molecule has 48 valence electrons. The van der Waals surface area contributed by atoms with E-state index < -0.39 is 6.09 Å². The minimum Gasteiger partial charge on any atom is -0.530 e. The lowest BCUT2D eigenvalue weighted by Crippen LogP contribution is -2.29. The Hall–Kier alpha value is -0.850. The van der Waals surface area contributed by atoms with E-state index in [1.165, 1.54) is 0 Å². The van der Waals surface area contributed by atoms with E-state index in [4.69, 9.17) is 9.90 Å². The first-order valence-electron chi connectivity index (χ1n) is 0.697. The van der Waals surface area contributed by atoms with E-state index in [1.807, 2.05) is 0 Å². The number of nitrogens with two attached hydrogens (primary N) is 1. The van der Waals surface area contributed by atoms with Crippen LogP contribution in [0.25, 0.3) is 0 Å². The number of quaternary nitrogens is 1. The summed E-state index contributed by atoms with van der Waals surface area (Å²) < 4.78 is 0. The molecule has 0 unspecified atom stereocenters. The molecule has 0 radical (unpaired) electrons. The zero-order chi connectivity index (χ0) is 3.58. The van der Waals surface area contributed by atoms with Gasteiger partial charge in [0.15, 0.2) is 0 Å². The zero-order valence-electron chi connectivity index (χ0n) is 3.89. The molecule has 0 saturated carbocycles. The third kappa shape index (κ3) is 70.7. The molecule has 0 spiro atoms. The monoisotopic (exact) mass is 114 g/mol. The van der Waals surface area contributed by atoms with Crippen molar-refractivity contribution in [2.45, 2.75) is 0 Å². The summed E-state index contributed by atoms with van der Waals surface area (Å²) in [5, 5.41) is 8.67. The average molecular weight is 114 g/mol. The number of carboxylic acid groups (broad SMARTS) is 1. The molecule has 0 aromatic heterocycles. The summed E-state index contributed by atoms with van der Waals surface area (Å²) in [6.07, 6.45) is -1.58. The molecule has 0 saturated heterocycles. The first-order chi connectivity index (χ1) is 1.73. The summed E-state index contributed by atoms with van der Waals surface area (Å²) >= 11 is 0. The molecule has 6 nitrogen and oxygen atoms in total. The highest BCUT2D eigenvalue weighted by Crippen LogP contribution is 1.23. The summed E-state index contributed by atoms with van der Waals surface area (Å²) in [4.78, 5) is 8.67. The van der Waals surface area contributed by atoms with Gasteiger partial charge in [-0.05, 0) is 0 Å². The van der Waals surface area contributed by atoms with Crippen LogP contribution in [0.5, 0.6) is 0 Å². The molecule has 0 bridgehead atoms. The molecule has 0 heterocycles. The van der Waals surface area contributed by atoms with Crippen molar-refractivity contribution in [1.82, 2.24) is 6.15 Å². The molecule has 0 aliphatic heterocycles. The van der Waals surface area contributed by atoms with E-state index in [0.29, 0.717) is 0 Å². The maximum Gasteiger partial charge on any atom is 0.131 e. The van der Waals surface area contributed by atoms with Gasteiger partial charge in [0.05, 0.1) is 0 Å². The van der Waals surface area contributed by atoms with E-state index in [0.717, 1.165) is 0 Å². The van der Waals surface area contributed by atoms with Gasteiger partial charge in [0, 0.05) is 0 Å². The molecule has 0 aromatic carbocycles. The minimum atomic E-state index is -1.58. The van der Waals surface area contributed by atoms with Crippen molar-refractivity contribution >= 4 is 6.09 Å². The van der Waals surface area contributed by atoms with E-state index in [9.17, 15) is 0 Å². The number of amides is 1. The Bertz CT molecular complexity index is 32.7. The predicted octanol–water partition coefficient (Wildman–Crippen LogP) is -2.98. The van der Waals surface area contributed by atoms with E-state index >= 15 is 0 Å². The molecule has 0 aliphatic carbocycles. The number of hydrogen-bond donors (Lipinski definition) is 2. The maximum atomic E-state index is 8.67. The second-order valence-electron chi connectivity index (χ2n) is 0.319. The van der Waals surface area contributed by atoms with Crippen molar-refractivity contribution in [1.29, 1.82) is 0 Å². The fourth-order valence-corrected chi connectivity index (χ4v) is 0. The van der Waals surface area contributed by atoms with Crippen molar-refractivity contribution in [3.63, 3.8) is 0 Å². The molecular weight excluding hydrogens is 104 g/mol. The van der Waals surface area contributed by atoms with Gasteiger partial charge in [0.25, 0.3) is 0 Å². The Balaban J connectivity index is -0.0000000150. The van der Waals surface area contributed by atoms with Crippen LogP contribution in [0.2, 0.25) is 0 Å². The van der Waals surface area contributed by atoms with Gasteiger partial charge < -0.3 is 32.7 Å². The number of carbonyl (C=O) groups excluding carboxylic acids is 1. The van der Waals surface area contributed by atoms with Crippen LogP contribution in [0, 0.1) is 0 Å². The standard InChI is InChI=1S/CH3NO2.H3N.2H2O/c2-1(3)4;;;/h2H2,(H,3,4);1H3;2*1H2. The SMILES string of the molecule is NC(=O)[O-].O.O.[NH4+]. The lowest BCUT2D eigenvalue weighted by atomic mass is 11.3. The van der Waals surface area contributed by atoms with Crippen LogP contribution in [0.15, 0.2) is 0 Å². The van der Waals surface area contributed by atoms with Gasteiger partial charge in [0.1, 0.15) is 6.09 Å². The first-order valence-corrected chi connectivity index (χ1v) is 0.697. The van der Waals surface area contributed by atoms with Crippen LogP contribution in [0.3, 0.4) is 0 Å². The molecule has 0 fully saturated rings. The lowest BCUT2D eigenvalue weighted by Gasteiger charge is -1.78. The van der Waals surface area contributed by atoms with Crippen LogP contribution in [-0.4, -0.2) is 17.0 Å². The van der Waals surface area contributed by atoms with E-state index in [1.54, 1.807) is 0 Å². The molecule has 0 rings (SSSR count). The number of primary amides is 1. The van der Waals surface area contributed by atoms with Crippen LogP contribution in [-0.2, 0) is 0 Å². The molecule has 0 aliphatic rings. The van der Waals surface area contributed by atoms with Gasteiger partial charge in [-0.2, -0.15) is 0 Å². The van der Waals surface area contributed by atoms with E-state index in [2.05, 4.69) is 5.73 Å². The smallest absolute Gasteiger partial charge is 0.131 e. The van der Waals surface area contributed by atoms with Crippen molar-refractivity contribution in [2.24, 2.45) is 5.73 Å². The van der Waals surface area contributed by atoms with Gasteiger partial charge >= 0.3 is 0 Å².